The number of carbonyl (C=O) groups is 3. The minimum atomic E-state index is -0.818. The number of Topliss-reactive ketones (excluding diaryl/α,β-unsaturated/α-hetero) is 1. The van der Waals surface area contributed by atoms with Gasteiger partial charge in [-0.3, -0.25) is 14.4 Å². The molecule has 0 aromatic heterocycles. The van der Waals surface area contributed by atoms with Gasteiger partial charge in [0.15, 0.2) is 10.9 Å². The fourth-order valence-electron chi connectivity index (χ4n) is 1.17. The summed E-state index contributed by atoms with van der Waals surface area (Å²) in [4.78, 5) is 34.5. The molecule has 1 N–H and O–H groups in total. The van der Waals surface area contributed by atoms with Crippen LogP contribution in [0, 0.1) is 5.41 Å². The van der Waals surface area contributed by atoms with Gasteiger partial charge in [-0.05, 0) is 0 Å². The molecule has 0 radical (unpaired) electrons. The highest BCUT2D eigenvalue weighted by Crippen LogP contribution is 2.25. The van der Waals surface area contributed by atoms with E-state index in [-0.39, 0.29) is 16.8 Å². The molecule has 5 heteroatoms. The average Bonchev–Trinajstić information content (AvgIpc) is 2.09. The van der Waals surface area contributed by atoms with Gasteiger partial charge in [0.25, 0.3) is 0 Å². The highest BCUT2D eigenvalue weighted by Gasteiger charge is 2.32. The van der Waals surface area contributed by atoms with Crippen LogP contribution < -0.4 is 5.32 Å². The number of carbonyl (C=O) groups excluding carboxylic acids is 3. The van der Waals surface area contributed by atoms with Gasteiger partial charge >= 0.3 is 0 Å². The van der Waals surface area contributed by atoms with E-state index in [1.165, 1.54) is 13.8 Å². The second-order valence-corrected chi connectivity index (χ2v) is 6.11. The maximum atomic E-state index is 12.1. The number of hydrogen-bond donors (Lipinski definition) is 1. The zero-order chi connectivity index (χ0) is 13.8. The Hall–Kier alpha value is -1.10. The van der Waals surface area contributed by atoms with Crippen LogP contribution in [0.15, 0.2) is 11.5 Å². The lowest BCUT2D eigenvalue weighted by atomic mass is 9.86. The van der Waals surface area contributed by atoms with Crippen LogP contribution in [0.3, 0.4) is 0 Å². The van der Waals surface area contributed by atoms with Gasteiger partial charge in [-0.25, -0.2) is 0 Å². The van der Waals surface area contributed by atoms with E-state index in [9.17, 15) is 14.4 Å². The Bertz CT molecular complexity index is 355. The average molecular weight is 257 g/mol. The van der Waals surface area contributed by atoms with E-state index in [4.69, 9.17) is 0 Å². The summed E-state index contributed by atoms with van der Waals surface area (Å²) >= 11 is 0.880. The molecule has 0 rings (SSSR count). The lowest BCUT2D eigenvalue weighted by Crippen LogP contribution is -2.45. The Kier molecular flexibility index (Phi) is 5.61. The molecule has 1 atom stereocenters. The van der Waals surface area contributed by atoms with Crippen LogP contribution in [0.25, 0.3) is 0 Å². The minimum Gasteiger partial charge on any atom is -0.342 e. The number of ketones is 1. The first-order valence-corrected chi connectivity index (χ1v) is 6.06. The SMILES string of the molecule is C=C(SC(C)=O)C(NC(C)=O)C(=O)C(C)(C)C. The molecule has 1 unspecified atom stereocenters. The molecule has 1 amide bonds. The normalized spacial score (nSPS) is 12.8. The van der Waals surface area contributed by atoms with Crippen LogP contribution in [0.4, 0.5) is 0 Å². The first kappa shape index (κ1) is 15.9. The van der Waals surface area contributed by atoms with E-state index < -0.39 is 11.5 Å². The van der Waals surface area contributed by atoms with E-state index >= 15 is 0 Å². The van der Waals surface area contributed by atoms with Crippen molar-refractivity contribution in [1.82, 2.24) is 5.32 Å². The monoisotopic (exact) mass is 257 g/mol. The molecule has 17 heavy (non-hydrogen) atoms. The van der Waals surface area contributed by atoms with Gasteiger partial charge in [0.1, 0.15) is 6.04 Å². The fourth-order valence-corrected chi connectivity index (χ4v) is 1.83. The van der Waals surface area contributed by atoms with Crippen molar-refractivity contribution < 1.29 is 14.4 Å². The molecule has 0 spiro atoms. The zero-order valence-electron chi connectivity index (χ0n) is 10.9. The largest absolute Gasteiger partial charge is 0.342 e. The first-order valence-electron chi connectivity index (χ1n) is 5.24. The molecule has 96 valence electrons. The Labute approximate surface area is 106 Å². The van der Waals surface area contributed by atoms with Gasteiger partial charge in [0, 0.05) is 24.2 Å². The van der Waals surface area contributed by atoms with Crippen molar-refractivity contribution in [3.05, 3.63) is 11.5 Å². The van der Waals surface area contributed by atoms with Gasteiger partial charge < -0.3 is 5.32 Å². The summed E-state index contributed by atoms with van der Waals surface area (Å²) in [6, 6.07) is -0.818. The molecule has 0 aromatic carbocycles. The van der Waals surface area contributed by atoms with Crippen molar-refractivity contribution >= 4 is 28.6 Å². The molecule has 0 aliphatic heterocycles. The Morgan fingerprint density at radius 2 is 1.65 bits per heavy atom. The summed E-state index contributed by atoms with van der Waals surface area (Å²) in [7, 11) is 0. The number of thioether (sulfide) groups is 1. The van der Waals surface area contributed by atoms with Gasteiger partial charge in [-0.15, -0.1) is 0 Å². The molecular formula is C12H19NO3S. The van der Waals surface area contributed by atoms with Crippen LogP contribution in [0.5, 0.6) is 0 Å². The third-order valence-electron chi connectivity index (χ3n) is 1.95. The van der Waals surface area contributed by atoms with Gasteiger partial charge in [0.05, 0.1) is 0 Å². The second-order valence-electron chi connectivity index (χ2n) is 4.81. The third kappa shape index (κ3) is 5.68. The van der Waals surface area contributed by atoms with Crippen LogP contribution >= 0.6 is 11.8 Å². The van der Waals surface area contributed by atoms with Crippen molar-refractivity contribution in [3.8, 4) is 0 Å². The van der Waals surface area contributed by atoms with Crippen molar-refractivity contribution in [1.29, 1.82) is 0 Å². The topological polar surface area (TPSA) is 63.2 Å². The minimum absolute atomic E-state index is 0.160. The second kappa shape index (κ2) is 6.00. The maximum absolute atomic E-state index is 12.1. The summed E-state index contributed by atoms with van der Waals surface area (Å²) in [6.45, 7) is 11.7. The van der Waals surface area contributed by atoms with E-state index in [2.05, 4.69) is 11.9 Å². The van der Waals surface area contributed by atoms with Crippen LogP contribution in [-0.4, -0.2) is 22.8 Å². The summed E-state index contributed by atoms with van der Waals surface area (Å²) in [5.74, 6) is -0.482. The standard InChI is InChI=1S/C12H19NO3S/c1-7(17-9(3)15)10(13-8(2)14)11(16)12(4,5)6/h10H,1H2,2-6H3,(H,13,14). The van der Waals surface area contributed by atoms with E-state index in [0.29, 0.717) is 4.91 Å². The lowest BCUT2D eigenvalue weighted by molar-refractivity contribution is -0.130. The highest BCUT2D eigenvalue weighted by molar-refractivity contribution is 8.16. The molecule has 0 saturated carbocycles. The van der Waals surface area contributed by atoms with Crippen molar-refractivity contribution in [2.75, 3.05) is 0 Å². The summed E-state index contributed by atoms with van der Waals surface area (Å²) in [6.07, 6.45) is 0. The number of amides is 1. The molecule has 4 nitrogen and oxygen atoms in total. The zero-order valence-corrected chi connectivity index (χ0v) is 11.7. The lowest BCUT2D eigenvalue weighted by Gasteiger charge is -2.25. The molecule has 0 aromatic rings. The smallest absolute Gasteiger partial charge is 0.217 e. The van der Waals surface area contributed by atoms with Gasteiger partial charge in [0.2, 0.25) is 5.91 Å². The fraction of sp³-hybridized carbons (Fsp3) is 0.583. The molecule has 0 saturated heterocycles. The summed E-state index contributed by atoms with van der Waals surface area (Å²) in [5, 5.41) is 2.37. The van der Waals surface area contributed by atoms with Crippen molar-refractivity contribution in [3.63, 3.8) is 0 Å². The van der Waals surface area contributed by atoms with E-state index in [0.717, 1.165) is 11.8 Å². The predicted octanol–water partition coefficient (Wildman–Crippen LogP) is 1.90. The molecule has 0 heterocycles. The molecular weight excluding hydrogens is 238 g/mol. The predicted molar refractivity (Wildman–Crippen MR) is 69.5 cm³/mol. The van der Waals surface area contributed by atoms with E-state index in [1.54, 1.807) is 20.8 Å². The third-order valence-corrected chi connectivity index (χ3v) is 2.73. The molecule has 0 aliphatic rings. The van der Waals surface area contributed by atoms with Crippen LogP contribution in [-0.2, 0) is 14.4 Å². The Balaban J connectivity index is 5.01. The van der Waals surface area contributed by atoms with Crippen LogP contribution in [0.2, 0.25) is 0 Å². The highest BCUT2D eigenvalue weighted by atomic mass is 32.2. The molecule has 0 bridgehead atoms. The number of rotatable bonds is 4. The summed E-state index contributed by atoms with van der Waals surface area (Å²) in [5.41, 5.74) is -0.604. The van der Waals surface area contributed by atoms with Gasteiger partial charge in [-0.1, -0.05) is 39.1 Å². The van der Waals surface area contributed by atoms with Crippen molar-refractivity contribution in [2.45, 2.75) is 40.7 Å². The maximum Gasteiger partial charge on any atom is 0.217 e. The number of nitrogens with one attached hydrogen (secondary N) is 1. The Morgan fingerprint density at radius 3 is 1.94 bits per heavy atom. The Morgan fingerprint density at radius 1 is 1.18 bits per heavy atom. The van der Waals surface area contributed by atoms with Gasteiger partial charge in [-0.2, -0.15) is 0 Å². The quantitative estimate of drug-likeness (QED) is 0.835. The van der Waals surface area contributed by atoms with Crippen molar-refractivity contribution in [2.24, 2.45) is 5.41 Å². The number of hydrogen-bond acceptors (Lipinski definition) is 4. The van der Waals surface area contributed by atoms with E-state index in [1.807, 2.05) is 0 Å². The molecule has 0 aliphatic carbocycles. The van der Waals surface area contributed by atoms with Crippen LogP contribution in [0.1, 0.15) is 34.6 Å². The molecule has 0 fully saturated rings. The first-order chi connectivity index (χ1) is 7.55. The summed E-state index contributed by atoms with van der Waals surface area (Å²) < 4.78 is 0.